The fourth-order valence-corrected chi connectivity index (χ4v) is 1.59. The highest BCUT2D eigenvalue weighted by Gasteiger charge is 2.08. The summed E-state index contributed by atoms with van der Waals surface area (Å²) in [7, 11) is 0. The van der Waals surface area contributed by atoms with Gasteiger partial charge in [-0.05, 0) is 23.8 Å². The third-order valence-corrected chi connectivity index (χ3v) is 2.50. The average Bonchev–Trinajstić information content (AvgIpc) is 2.14. The van der Waals surface area contributed by atoms with E-state index in [4.69, 9.17) is 5.53 Å². The van der Waals surface area contributed by atoms with Crippen molar-refractivity contribution in [2.45, 2.75) is 65.7 Å². The van der Waals surface area contributed by atoms with Crippen LogP contribution in [0.15, 0.2) is 5.11 Å². The standard InChI is InChI=1S/C12H25N3/c1-12(2,3)10-8-6-4-5-7-9-11-14-15-13/h4-11H2,1-3H3. The zero-order chi connectivity index (χ0) is 11.6. The van der Waals surface area contributed by atoms with Gasteiger partial charge in [-0.2, -0.15) is 0 Å². The number of hydrogen-bond donors (Lipinski definition) is 0. The molecule has 0 aliphatic carbocycles. The van der Waals surface area contributed by atoms with Gasteiger partial charge in [0.25, 0.3) is 0 Å². The van der Waals surface area contributed by atoms with Gasteiger partial charge in [0.15, 0.2) is 0 Å². The van der Waals surface area contributed by atoms with E-state index in [2.05, 4.69) is 30.8 Å². The second kappa shape index (κ2) is 8.60. The highest BCUT2D eigenvalue weighted by molar-refractivity contribution is 4.61. The summed E-state index contributed by atoms with van der Waals surface area (Å²) >= 11 is 0. The van der Waals surface area contributed by atoms with Crippen LogP contribution in [-0.4, -0.2) is 6.54 Å². The Morgan fingerprint density at radius 2 is 1.47 bits per heavy atom. The molecule has 0 amide bonds. The van der Waals surface area contributed by atoms with E-state index in [0.29, 0.717) is 12.0 Å². The minimum absolute atomic E-state index is 0.488. The Labute approximate surface area is 93.9 Å². The predicted molar refractivity (Wildman–Crippen MR) is 65.8 cm³/mol. The van der Waals surface area contributed by atoms with Gasteiger partial charge in [0.2, 0.25) is 0 Å². The van der Waals surface area contributed by atoms with Crippen molar-refractivity contribution in [3.63, 3.8) is 0 Å². The molecule has 0 aliphatic rings. The molecule has 0 spiro atoms. The summed E-state index contributed by atoms with van der Waals surface area (Å²) in [5.74, 6) is 0. The first-order chi connectivity index (χ1) is 7.06. The van der Waals surface area contributed by atoms with E-state index in [9.17, 15) is 0 Å². The van der Waals surface area contributed by atoms with E-state index in [1.807, 2.05) is 0 Å². The van der Waals surface area contributed by atoms with Gasteiger partial charge < -0.3 is 0 Å². The SMILES string of the molecule is CC(C)(C)CCCCCCCCN=[N+]=[N-]. The van der Waals surface area contributed by atoms with Crippen molar-refractivity contribution in [3.8, 4) is 0 Å². The molecule has 0 fully saturated rings. The smallest absolute Gasteiger partial charge is 0.0257 e. The van der Waals surface area contributed by atoms with Crippen LogP contribution in [-0.2, 0) is 0 Å². The molecular formula is C12H25N3. The van der Waals surface area contributed by atoms with Crippen LogP contribution in [0.5, 0.6) is 0 Å². The van der Waals surface area contributed by atoms with E-state index in [1.54, 1.807) is 0 Å². The Morgan fingerprint density at radius 1 is 0.933 bits per heavy atom. The van der Waals surface area contributed by atoms with Crippen LogP contribution in [0.1, 0.15) is 65.7 Å². The molecular weight excluding hydrogens is 186 g/mol. The molecule has 3 heteroatoms. The number of rotatable bonds is 8. The van der Waals surface area contributed by atoms with Crippen LogP contribution in [0.25, 0.3) is 10.4 Å². The maximum atomic E-state index is 8.07. The highest BCUT2D eigenvalue weighted by Crippen LogP contribution is 2.22. The lowest BCUT2D eigenvalue weighted by Gasteiger charge is -2.17. The third kappa shape index (κ3) is 13.3. The van der Waals surface area contributed by atoms with Crippen molar-refractivity contribution in [1.29, 1.82) is 0 Å². The van der Waals surface area contributed by atoms with E-state index in [-0.39, 0.29) is 0 Å². The molecule has 0 saturated carbocycles. The van der Waals surface area contributed by atoms with Crippen LogP contribution >= 0.6 is 0 Å². The topological polar surface area (TPSA) is 48.8 Å². The molecule has 0 aromatic carbocycles. The molecule has 0 heterocycles. The van der Waals surface area contributed by atoms with Gasteiger partial charge >= 0.3 is 0 Å². The van der Waals surface area contributed by atoms with E-state index in [0.717, 1.165) is 6.42 Å². The predicted octanol–water partition coefficient (Wildman–Crippen LogP) is 5.07. The number of nitrogens with zero attached hydrogens (tertiary/aromatic N) is 3. The molecule has 0 atom stereocenters. The van der Waals surface area contributed by atoms with Gasteiger partial charge in [0.05, 0.1) is 0 Å². The zero-order valence-electron chi connectivity index (χ0n) is 10.5. The Morgan fingerprint density at radius 3 is 2.00 bits per heavy atom. The fraction of sp³-hybridized carbons (Fsp3) is 1.00. The Hall–Kier alpha value is -0.690. The first-order valence-electron chi connectivity index (χ1n) is 6.07. The second-order valence-corrected chi connectivity index (χ2v) is 5.39. The number of unbranched alkanes of at least 4 members (excludes halogenated alkanes) is 5. The summed E-state index contributed by atoms with van der Waals surface area (Å²) in [6, 6.07) is 0. The van der Waals surface area contributed by atoms with Gasteiger partial charge in [-0.25, -0.2) is 0 Å². The first kappa shape index (κ1) is 14.3. The minimum atomic E-state index is 0.488. The van der Waals surface area contributed by atoms with E-state index < -0.39 is 0 Å². The van der Waals surface area contributed by atoms with Gasteiger partial charge in [-0.15, -0.1) is 0 Å². The van der Waals surface area contributed by atoms with Crippen molar-refractivity contribution in [2.24, 2.45) is 10.5 Å². The maximum absolute atomic E-state index is 8.07. The molecule has 0 saturated heterocycles. The Bertz CT molecular complexity index is 188. The van der Waals surface area contributed by atoms with Crippen molar-refractivity contribution < 1.29 is 0 Å². The van der Waals surface area contributed by atoms with Crippen molar-refractivity contribution in [2.75, 3.05) is 6.54 Å². The summed E-state index contributed by atoms with van der Waals surface area (Å²) < 4.78 is 0. The highest BCUT2D eigenvalue weighted by atomic mass is 15.1. The summed E-state index contributed by atoms with van der Waals surface area (Å²) in [5.41, 5.74) is 8.56. The van der Waals surface area contributed by atoms with Crippen LogP contribution in [0.2, 0.25) is 0 Å². The molecule has 88 valence electrons. The summed E-state index contributed by atoms with van der Waals surface area (Å²) in [4.78, 5) is 2.73. The van der Waals surface area contributed by atoms with Gasteiger partial charge in [0, 0.05) is 11.5 Å². The zero-order valence-corrected chi connectivity index (χ0v) is 10.5. The van der Waals surface area contributed by atoms with Crippen molar-refractivity contribution in [3.05, 3.63) is 10.4 Å². The molecule has 0 bridgehead atoms. The van der Waals surface area contributed by atoms with Crippen LogP contribution < -0.4 is 0 Å². The summed E-state index contributed by atoms with van der Waals surface area (Å²) in [6.45, 7) is 7.56. The van der Waals surface area contributed by atoms with Gasteiger partial charge in [-0.1, -0.05) is 58.0 Å². The Balaban J connectivity index is 3.08. The molecule has 0 aromatic heterocycles. The molecule has 0 rings (SSSR count). The number of hydrogen-bond acceptors (Lipinski definition) is 1. The van der Waals surface area contributed by atoms with Crippen LogP contribution in [0, 0.1) is 5.41 Å². The normalized spacial score (nSPS) is 11.1. The minimum Gasteiger partial charge on any atom is -0.0940 e. The van der Waals surface area contributed by atoms with Crippen molar-refractivity contribution in [1.82, 2.24) is 0 Å². The average molecular weight is 211 g/mol. The van der Waals surface area contributed by atoms with Crippen LogP contribution in [0.4, 0.5) is 0 Å². The van der Waals surface area contributed by atoms with Gasteiger partial charge in [0.1, 0.15) is 0 Å². The van der Waals surface area contributed by atoms with E-state index in [1.165, 1.54) is 38.5 Å². The Kier molecular flexibility index (Phi) is 8.21. The lowest BCUT2D eigenvalue weighted by molar-refractivity contribution is 0.356. The monoisotopic (exact) mass is 211 g/mol. The second-order valence-electron chi connectivity index (χ2n) is 5.39. The summed E-state index contributed by atoms with van der Waals surface area (Å²) in [6.07, 6.45) is 8.87. The lowest BCUT2D eigenvalue weighted by Crippen LogP contribution is -2.03. The molecule has 3 nitrogen and oxygen atoms in total. The maximum Gasteiger partial charge on any atom is 0.0257 e. The summed E-state index contributed by atoms with van der Waals surface area (Å²) in [5, 5.41) is 3.52. The van der Waals surface area contributed by atoms with Crippen molar-refractivity contribution >= 4 is 0 Å². The molecule has 0 aromatic rings. The lowest BCUT2D eigenvalue weighted by atomic mass is 9.89. The number of azide groups is 1. The largest absolute Gasteiger partial charge is 0.0940 e. The molecule has 0 N–H and O–H groups in total. The first-order valence-corrected chi connectivity index (χ1v) is 6.07. The molecule has 0 aliphatic heterocycles. The van der Waals surface area contributed by atoms with Gasteiger partial charge in [-0.3, -0.25) is 0 Å². The molecule has 0 unspecified atom stereocenters. The molecule has 15 heavy (non-hydrogen) atoms. The van der Waals surface area contributed by atoms with Crippen LogP contribution in [0.3, 0.4) is 0 Å². The quantitative estimate of drug-likeness (QED) is 0.233. The third-order valence-electron chi connectivity index (χ3n) is 2.50. The van der Waals surface area contributed by atoms with E-state index >= 15 is 0 Å². The molecule has 0 radical (unpaired) electrons. The fourth-order valence-electron chi connectivity index (χ4n) is 1.59.